The third-order valence-corrected chi connectivity index (χ3v) is 3.61. The highest BCUT2D eigenvalue weighted by Crippen LogP contribution is 2.20. The molecule has 1 saturated heterocycles. The van der Waals surface area contributed by atoms with E-state index in [4.69, 9.17) is 5.11 Å². The van der Waals surface area contributed by atoms with E-state index >= 15 is 0 Å². The summed E-state index contributed by atoms with van der Waals surface area (Å²) in [7, 11) is 0. The molecule has 1 aliphatic heterocycles. The van der Waals surface area contributed by atoms with Gasteiger partial charge in [0.25, 0.3) is 0 Å². The van der Waals surface area contributed by atoms with Crippen molar-refractivity contribution < 1.29 is 19.5 Å². The highest BCUT2D eigenvalue weighted by molar-refractivity contribution is 5.98. The number of carboxylic acid groups (broad SMARTS) is 1. The summed E-state index contributed by atoms with van der Waals surface area (Å²) in [6.07, 6.45) is 1.36. The molecule has 7 heteroatoms. The molecule has 124 valence electrons. The first-order valence-electron chi connectivity index (χ1n) is 7.60. The Morgan fingerprint density at radius 1 is 1.30 bits per heavy atom. The SMILES string of the molecule is CC(C)NC(=O)N1CCC[C@H]1C(=O)Nc1cccc(C(=O)O)c1. The fourth-order valence-electron chi connectivity index (χ4n) is 2.57. The molecule has 0 radical (unpaired) electrons. The minimum absolute atomic E-state index is 0.000871. The maximum Gasteiger partial charge on any atom is 0.335 e. The van der Waals surface area contributed by atoms with E-state index < -0.39 is 12.0 Å². The van der Waals surface area contributed by atoms with E-state index in [1.807, 2.05) is 13.8 Å². The number of carbonyl (C=O) groups is 3. The van der Waals surface area contributed by atoms with Crippen molar-refractivity contribution in [1.82, 2.24) is 10.2 Å². The lowest BCUT2D eigenvalue weighted by Crippen LogP contribution is -2.49. The van der Waals surface area contributed by atoms with E-state index in [1.54, 1.807) is 12.1 Å². The van der Waals surface area contributed by atoms with Gasteiger partial charge in [-0.25, -0.2) is 9.59 Å². The third kappa shape index (κ3) is 4.21. The van der Waals surface area contributed by atoms with Gasteiger partial charge in [0, 0.05) is 18.3 Å². The summed E-state index contributed by atoms with van der Waals surface area (Å²) in [5.74, 6) is -1.36. The molecule has 1 heterocycles. The standard InChI is InChI=1S/C16H21N3O4/c1-10(2)17-16(23)19-8-4-7-13(19)14(20)18-12-6-3-5-11(9-12)15(21)22/h3,5-6,9-10,13H,4,7-8H2,1-2H3,(H,17,23)(H,18,20)(H,21,22)/t13-/m0/s1. The van der Waals surface area contributed by atoms with Crippen molar-refractivity contribution in [2.24, 2.45) is 0 Å². The van der Waals surface area contributed by atoms with Gasteiger partial charge < -0.3 is 20.6 Å². The van der Waals surface area contributed by atoms with Crippen LogP contribution in [0, 0.1) is 0 Å². The number of aromatic carboxylic acids is 1. The van der Waals surface area contributed by atoms with Crippen LogP contribution >= 0.6 is 0 Å². The monoisotopic (exact) mass is 319 g/mol. The summed E-state index contributed by atoms with van der Waals surface area (Å²) in [4.78, 5) is 37.0. The Kier molecular flexibility index (Phi) is 5.20. The molecule has 1 aromatic carbocycles. The van der Waals surface area contributed by atoms with E-state index in [2.05, 4.69) is 10.6 Å². The van der Waals surface area contributed by atoms with Gasteiger partial charge in [-0.3, -0.25) is 4.79 Å². The van der Waals surface area contributed by atoms with E-state index in [9.17, 15) is 14.4 Å². The summed E-state index contributed by atoms with van der Waals surface area (Å²) < 4.78 is 0. The minimum atomic E-state index is -1.06. The Hall–Kier alpha value is -2.57. The average molecular weight is 319 g/mol. The predicted molar refractivity (Wildman–Crippen MR) is 85.4 cm³/mol. The fraction of sp³-hybridized carbons (Fsp3) is 0.438. The molecule has 3 N–H and O–H groups in total. The zero-order valence-corrected chi connectivity index (χ0v) is 13.2. The molecular formula is C16H21N3O4. The Labute approximate surface area is 134 Å². The van der Waals surface area contributed by atoms with Crippen LogP contribution in [0.3, 0.4) is 0 Å². The molecule has 1 fully saturated rings. The van der Waals surface area contributed by atoms with Crippen LogP contribution in [0.15, 0.2) is 24.3 Å². The number of anilines is 1. The van der Waals surface area contributed by atoms with Crippen molar-refractivity contribution in [3.63, 3.8) is 0 Å². The van der Waals surface area contributed by atoms with Gasteiger partial charge in [0.05, 0.1) is 5.56 Å². The van der Waals surface area contributed by atoms with Gasteiger partial charge in [0.15, 0.2) is 0 Å². The van der Waals surface area contributed by atoms with Crippen LogP contribution in [0.4, 0.5) is 10.5 Å². The first-order chi connectivity index (χ1) is 10.9. The zero-order chi connectivity index (χ0) is 17.0. The average Bonchev–Trinajstić information content (AvgIpc) is 2.96. The number of hydrogen-bond acceptors (Lipinski definition) is 3. The number of urea groups is 1. The Bertz CT molecular complexity index is 615. The Morgan fingerprint density at radius 3 is 2.70 bits per heavy atom. The molecule has 7 nitrogen and oxygen atoms in total. The van der Waals surface area contributed by atoms with Gasteiger partial charge in [-0.15, -0.1) is 0 Å². The summed E-state index contributed by atoms with van der Waals surface area (Å²) in [5, 5.41) is 14.5. The lowest BCUT2D eigenvalue weighted by atomic mass is 10.1. The second kappa shape index (κ2) is 7.13. The quantitative estimate of drug-likeness (QED) is 0.789. The number of hydrogen-bond donors (Lipinski definition) is 3. The third-order valence-electron chi connectivity index (χ3n) is 3.61. The van der Waals surface area contributed by atoms with Gasteiger partial charge >= 0.3 is 12.0 Å². The van der Waals surface area contributed by atoms with Crippen LogP contribution in [0.5, 0.6) is 0 Å². The summed E-state index contributed by atoms with van der Waals surface area (Å²) in [6.45, 7) is 4.26. The number of benzene rings is 1. The number of amides is 3. The van der Waals surface area contributed by atoms with E-state index in [1.165, 1.54) is 17.0 Å². The predicted octanol–water partition coefficient (Wildman–Crippen LogP) is 1.91. The summed E-state index contributed by atoms with van der Waals surface area (Å²) in [6, 6.07) is 5.25. The molecule has 0 spiro atoms. The van der Waals surface area contributed by atoms with Crippen molar-refractivity contribution in [2.45, 2.75) is 38.8 Å². The number of nitrogens with zero attached hydrogens (tertiary/aromatic N) is 1. The van der Waals surface area contributed by atoms with E-state index in [0.29, 0.717) is 18.7 Å². The maximum atomic E-state index is 12.4. The van der Waals surface area contributed by atoms with Crippen LogP contribution in [0.25, 0.3) is 0 Å². The van der Waals surface area contributed by atoms with Crippen molar-refractivity contribution in [2.75, 3.05) is 11.9 Å². The lowest BCUT2D eigenvalue weighted by Gasteiger charge is -2.25. The van der Waals surface area contributed by atoms with Crippen LogP contribution in [-0.4, -0.2) is 46.5 Å². The van der Waals surface area contributed by atoms with Crippen LogP contribution in [0.2, 0.25) is 0 Å². The van der Waals surface area contributed by atoms with Gasteiger partial charge in [0.1, 0.15) is 6.04 Å². The number of carboxylic acids is 1. The van der Waals surface area contributed by atoms with Crippen LogP contribution in [-0.2, 0) is 4.79 Å². The van der Waals surface area contributed by atoms with Gasteiger partial charge in [-0.1, -0.05) is 6.07 Å². The second-order valence-corrected chi connectivity index (χ2v) is 5.83. The Morgan fingerprint density at radius 2 is 2.04 bits per heavy atom. The normalized spacial score (nSPS) is 17.2. The molecule has 2 rings (SSSR count). The molecule has 1 atom stereocenters. The Balaban J connectivity index is 2.06. The largest absolute Gasteiger partial charge is 0.478 e. The molecule has 0 aliphatic carbocycles. The lowest BCUT2D eigenvalue weighted by molar-refractivity contribution is -0.119. The molecular weight excluding hydrogens is 298 g/mol. The van der Waals surface area contributed by atoms with Crippen LogP contribution in [0.1, 0.15) is 37.0 Å². The van der Waals surface area contributed by atoms with E-state index in [-0.39, 0.29) is 23.5 Å². The molecule has 0 bridgehead atoms. The highest BCUT2D eigenvalue weighted by atomic mass is 16.4. The zero-order valence-electron chi connectivity index (χ0n) is 13.2. The first-order valence-corrected chi connectivity index (χ1v) is 7.60. The first kappa shape index (κ1) is 16.8. The second-order valence-electron chi connectivity index (χ2n) is 5.83. The molecule has 3 amide bonds. The van der Waals surface area contributed by atoms with Gasteiger partial charge in [0.2, 0.25) is 5.91 Å². The fourth-order valence-corrected chi connectivity index (χ4v) is 2.57. The van der Waals surface area contributed by atoms with Crippen molar-refractivity contribution in [3.8, 4) is 0 Å². The maximum absolute atomic E-state index is 12.4. The number of likely N-dealkylation sites (tertiary alicyclic amines) is 1. The molecule has 0 saturated carbocycles. The molecule has 0 aromatic heterocycles. The molecule has 0 unspecified atom stereocenters. The highest BCUT2D eigenvalue weighted by Gasteiger charge is 2.34. The van der Waals surface area contributed by atoms with Crippen molar-refractivity contribution in [3.05, 3.63) is 29.8 Å². The van der Waals surface area contributed by atoms with Gasteiger partial charge in [-0.2, -0.15) is 0 Å². The topological polar surface area (TPSA) is 98.7 Å². The van der Waals surface area contributed by atoms with Crippen LogP contribution < -0.4 is 10.6 Å². The molecule has 1 aliphatic rings. The molecule has 1 aromatic rings. The summed E-state index contributed by atoms with van der Waals surface area (Å²) >= 11 is 0. The number of carbonyl (C=O) groups excluding carboxylic acids is 2. The van der Waals surface area contributed by atoms with E-state index in [0.717, 1.165) is 6.42 Å². The smallest absolute Gasteiger partial charge is 0.335 e. The number of nitrogens with one attached hydrogen (secondary N) is 2. The van der Waals surface area contributed by atoms with Crippen molar-refractivity contribution in [1.29, 1.82) is 0 Å². The number of rotatable bonds is 4. The van der Waals surface area contributed by atoms with Crippen molar-refractivity contribution >= 4 is 23.6 Å². The summed E-state index contributed by atoms with van der Waals surface area (Å²) in [5.41, 5.74) is 0.509. The minimum Gasteiger partial charge on any atom is -0.478 e. The van der Waals surface area contributed by atoms with Gasteiger partial charge in [-0.05, 0) is 44.9 Å². The molecule has 23 heavy (non-hydrogen) atoms.